The van der Waals surface area contributed by atoms with Gasteiger partial charge in [0.1, 0.15) is 16.7 Å². The van der Waals surface area contributed by atoms with Gasteiger partial charge in [0.2, 0.25) is 0 Å². The Balaban J connectivity index is 2.28. The summed E-state index contributed by atoms with van der Waals surface area (Å²) in [6, 6.07) is 7.41. The fourth-order valence-electron chi connectivity index (χ4n) is 1.78. The molecule has 1 aliphatic rings. The zero-order valence-corrected chi connectivity index (χ0v) is 12.9. The molecule has 1 fully saturated rings. The van der Waals surface area contributed by atoms with Gasteiger partial charge in [-0.15, -0.1) is 13.0 Å². The molecule has 106 valence electrons. The lowest BCUT2D eigenvalue weighted by atomic mass is 10.2. The number of hydrogen-bond acceptors (Lipinski definition) is 4. The third-order valence-electron chi connectivity index (χ3n) is 2.70. The molecule has 0 spiro atoms. The minimum atomic E-state index is -0.114. The highest BCUT2D eigenvalue weighted by Gasteiger charge is 2.31. The summed E-state index contributed by atoms with van der Waals surface area (Å²) in [6.45, 7) is 4.23. The van der Waals surface area contributed by atoms with Crippen LogP contribution in [0.4, 0.5) is 0 Å². The van der Waals surface area contributed by atoms with Gasteiger partial charge in [-0.2, -0.15) is 0 Å². The summed E-state index contributed by atoms with van der Waals surface area (Å²) in [5, 5.41) is 0. The fraction of sp³-hybridized carbons (Fsp3) is 0.125. The van der Waals surface area contributed by atoms with Crippen LogP contribution in [-0.2, 0) is 4.79 Å². The number of carbonyl (C=O) groups excluding carboxylic acids is 1. The van der Waals surface area contributed by atoms with Crippen molar-refractivity contribution in [1.29, 1.82) is 0 Å². The number of para-hydroxylation sites is 1. The number of ether oxygens (including phenoxy) is 1. The predicted octanol–water partition coefficient (Wildman–Crippen LogP) is 3.09. The smallest absolute Gasteiger partial charge is 0.266 e. The van der Waals surface area contributed by atoms with Crippen LogP contribution in [0, 0.1) is 12.3 Å². The molecular weight excluding hydrogens is 302 g/mol. The molecule has 1 aromatic carbocycles. The third-order valence-corrected chi connectivity index (χ3v) is 4.08. The van der Waals surface area contributed by atoms with E-state index in [0.717, 1.165) is 5.56 Å². The van der Waals surface area contributed by atoms with Crippen molar-refractivity contribution >= 4 is 40.3 Å². The maximum absolute atomic E-state index is 12.3. The summed E-state index contributed by atoms with van der Waals surface area (Å²) >= 11 is 6.48. The Labute approximate surface area is 133 Å². The molecule has 0 bridgehead atoms. The van der Waals surface area contributed by atoms with Crippen molar-refractivity contribution in [2.24, 2.45) is 0 Å². The van der Waals surface area contributed by atoms with Gasteiger partial charge in [0.15, 0.2) is 0 Å². The molecule has 1 aliphatic heterocycles. The van der Waals surface area contributed by atoms with Crippen LogP contribution < -0.4 is 4.74 Å². The van der Waals surface area contributed by atoms with E-state index < -0.39 is 0 Å². The number of rotatable bonds is 5. The summed E-state index contributed by atoms with van der Waals surface area (Å²) in [7, 11) is 0. The van der Waals surface area contributed by atoms with Crippen LogP contribution in [0.15, 0.2) is 41.8 Å². The van der Waals surface area contributed by atoms with E-state index in [0.29, 0.717) is 21.5 Å². The van der Waals surface area contributed by atoms with Gasteiger partial charge in [0.05, 0.1) is 4.91 Å². The lowest BCUT2D eigenvalue weighted by Crippen LogP contribution is -2.27. The molecule has 0 radical (unpaired) electrons. The van der Waals surface area contributed by atoms with Crippen LogP contribution >= 0.6 is 24.0 Å². The van der Waals surface area contributed by atoms with Gasteiger partial charge in [-0.05, 0) is 12.1 Å². The molecule has 21 heavy (non-hydrogen) atoms. The summed E-state index contributed by atoms with van der Waals surface area (Å²) in [6.07, 6.45) is 8.62. The average molecular weight is 315 g/mol. The summed E-state index contributed by atoms with van der Waals surface area (Å²) in [5.41, 5.74) is 0.798. The summed E-state index contributed by atoms with van der Waals surface area (Å²) < 4.78 is 6.00. The van der Waals surface area contributed by atoms with Gasteiger partial charge < -0.3 is 4.74 Å². The van der Waals surface area contributed by atoms with Crippen LogP contribution in [0.3, 0.4) is 0 Å². The lowest BCUT2D eigenvalue weighted by Gasteiger charge is -2.10. The van der Waals surface area contributed by atoms with Crippen LogP contribution in [0.25, 0.3) is 6.08 Å². The van der Waals surface area contributed by atoms with Gasteiger partial charge >= 0.3 is 0 Å². The quantitative estimate of drug-likeness (QED) is 0.361. The minimum absolute atomic E-state index is 0.114. The molecule has 3 nitrogen and oxygen atoms in total. The monoisotopic (exact) mass is 315 g/mol. The van der Waals surface area contributed by atoms with Gasteiger partial charge in [-0.25, -0.2) is 0 Å². The first-order valence-electron chi connectivity index (χ1n) is 6.19. The topological polar surface area (TPSA) is 29.5 Å². The Morgan fingerprint density at radius 2 is 2.24 bits per heavy atom. The van der Waals surface area contributed by atoms with E-state index in [-0.39, 0.29) is 12.5 Å². The molecule has 1 aromatic rings. The number of benzene rings is 1. The number of hydrogen-bond donors (Lipinski definition) is 0. The SMILES string of the molecule is C#CCOc1ccccc1/C=C1/SC(=S)N(CC=C)C1=O. The second-order valence-electron chi connectivity index (χ2n) is 4.11. The number of nitrogens with zero attached hydrogens (tertiary/aromatic N) is 1. The van der Waals surface area contributed by atoms with Crippen LogP contribution in [0.1, 0.15) is 5.56 Å². The Morgan fingerprint density at radius 3 is 2.95 bits per heavy atom. The zero-order valence-electron chi connectivity index (χ0n) is 11.2. The van der Waals surface area contributed by atoms with Crippen molar-refractivity contribution in [2.75, 3.05) is 13.2 Å². The largest absolute Gasteiger partial charge is 0.480 e. The second-order valence-corrected chi connectivity index (χ2v) is 5.79. The highest BCUT2D eigenvalue weighted by molar-refractivity contribution is 8.26. The normalized spacial score (nSPS) is 16.1. The first-order chi connectivity index (χ1) is 10.2. The molecule has 0 N–H and O–H groups in total. The van der Waals surface area contributed by atoms with Crippen molar-refractivity contribution in [1.82, 2.24) is 4.90 Å². The number of terminal acetylenes is 1. The fourth-order valence-corrected chi connectivity index (χ4v) is 3.04. The van der Waals surface area contributed by atoms with E-state index in [9.17, 15) is 4.79 Å². The van der Waals surface area contributed by atoms with E-state index in [1.807, 2.05) is 24.3 Å². The number of thioether (sulfide) groups is 1. The first-order valence-corrected chi connectivity index (χ1v) is 7.41. The molecule has 0 aliphatic carbocycles. The van der Waals surface area contributed by atoms with Crippen LogP contribution in [0.2, 0.25) is 0 Å². The van der Waals surface area contributed by atoms with E-state index in [1.165, 1.54) is 16.7 Å². The average Bonchev–Trinajstić information content (AvgIpc) is 2.74. The van der Waals surface area contributed by atoms with Crippen molar-refractivity contribution < 1.29 is 9.53 Å². The van der Waals surface area contributed by atoms with E-state index in [4.69, 9.17) is 23.4 Å². The predicted molar refractivity (Wildman–Crippen MR) is 90.8 cm³/mol. The minimum Gasteiger partial charge on any atom is -0.480 e. The lowest BCUT2D eigenvalue weighted by molar-refractivity contribution is -0.121. The van der Waals surface area contributed by atoms with Crippen LogP contribution in [-0.4, -0.2) is 28.3 Å². The molecule has 5 heteroatoms. The van der Waals surface area contributed by atoms with Crippen molar-refractivity contribution in [3.8, 4) is 18.1 Å². The highest BCUT2D eigenvalue weighted by Crippen LogP contribution is 2.34. The van der Waals surface area contributed by atoms with Gasteiger partial charge in [-0.3, -0.25) is 9.69 Å². The second kappa shape index (κ2) is 7.11. The molecule has 1 saturated heterocycles. The maximum atomic E-state index is 12.3. The molecule has 0 unspecified atom stereocenters. The Bertz CT molecular complexity index is 658. The molecule has 1 amide bonds. The Kier molecular flexibility index (Phi) is 5.20. The van der Waals surface area contributed by atoms with Gasteiger partial charge in [0.25, 0.3) is 5.91 Å². The first kappa shape index (κ1) is 15.4. The molecule has 1 heterocycles. The van der Waals surface area contributed by atoms with Crippen molar-refractivity contribution in [3.63, 3.8) is 0 Å². The van der Waals surface area contributed by atoms with Gasteiger partial charge in [0, 0.05) is 12.1 Å². The van der Waals surface area contributed by atoms with Crippen molar-refractivity contribution in [3.05, 3.63) is 47.4 Å². The Hall–Kier alpha value is -2.03. The molecule has 0 aromatic heterocycles. The summed E-state index contributed by atoms with van der Waals surface area (Å²) in [5.74, 6) is 2.95. The summed E-state index contributed by atoms with van der Waals surface area (Å²) in [4.78, 5) is 14.3. The molecular formula is C16H13NO2S2. The van der Waals surface area contributed by atoms with Crippen LogP contribution in [0.5, 0.6) is 5.75 Å². The standard InChI is InChI=1S/C16H13NO2S2/c1-3-9-17-15(18)14(21-16(17)20)11-12-7-5-6-8-13(12)19-10-4-2/h2-3,5-8,11H,1,9-10H2/b14-11+. The van der Waals surface area contributed by atoms with Crippen molar-refractivity contribution in [2.45, 2.75) is 0 Å². The maximum Gasteiger partial charge on any atom is 0.266 e. The molecule has 0 atom stereocenters. The Morgan fingerprint density at radius 1 is 1.48 bits per heavy atom. The zero-order chi connectivity index (χ0) is 15.2. The van der Waals surface area contributed by atoms with E-state index in [1.54, 1.807) is 12.2 Å². The highest BCUT2D eigenvalue weighted by atomic mass is 32.2. The van der Waals surface area contributed by atoms with E-state index in [2.05, 4.69) is 12.5 Å². The third kappa shape index (κ3) is 3.54. The number of carbonyl (C=O) groups is 1. The number of amides is 1. The van der Waals surface area contributed by atoms with E-state index >= 15 is 0 Å². The molecule has 2 rings (SSSR count). The number of thiocarbonyl (C=S) groups is 1. The molecule has 0 saturated carbocycles. The van der Waals surface area contributed by atoms with Gasteiger partial charge in [-0.1, -0.05) is 54.2 Å².